The molecule has 6 heteroatoms. The highest BCUT2D eigenvalue weighted by Crippen LogP contribution is 2.23. The molecule has 0 fully saturated rings. The monoisotopic (exact) mass is 561 g/mol. The van der Waals surface area contributed by atoms with Crippen molar-refractivity contribution in [3.63, 3.8) is 0 Å². The van der Waals surface area contributed by atoms with Gasteiger partial charge in [-0.15, -0.1) is 0 Å². The molecule has 0 unspecified atom stereocenters. The third-order valence-corrected chi connectivity index (χ3v) is 6.35. The normalized spacial score (nSPS) is 10.6. The Hall–Kier alpha value is -4.06. The van der Waals surface area contributed by atoms with Crippen LogP contribution in [0.15, 0.2) is 90.5 Å². The van der Waals surface area contributed by atoms with Crippen LogP contribution in [0.2, 0.25) is 0 Å². The minimum atomic E-state index is -2.17. The molecule has 41 heavy (non-hydrogen) atoms. The van der Waals surface area contributed by atoms with Gasteiger partial charge in [0, 0.05) is 11.3 Å². The number of hydrogen-bond acceptors (Lipinski definition) is 3. The van der Waals surface area contributed by atoms with Gasteiger partial charge in [0.15, 0.2) is 0 Å². The number of nitrogens with two attached hydrogens (primary N) is 1. The number of hydrazone groups is 1. The maximum absolute atomic E-state index is 12.8. The van der Waals surface area contributed by atoms with Gasteiger partial charge in [0.05, 0.1) is 11.9 Å². The molecule has 0 spiro atoms. The Morgan fingerprint density at radius 3 is 2.20 bits per heavy atom. The maximum atomic E-state index is 12.8. The number of nitrogen functional groups attached to an aromatic ring is 1. The Bertz CT molecular complexity index is 1410. The van der Waals surface area contributed by atoms with Crippen LogP contribution in [0.4, 0.5) is 18.9 Å². The summed E-state index contributed by atoms with van der Waals surface area (Å²) in [5, 5.41) is 6.94. The molecule has 0 aliphatic rings. The second-order valence-corrected chi connectivity index (χ2v) is 9.74. The molecule has 4 aromatic rings. The summed E-state index contributed by atoms with van der Waals surface area (Å²) in [4.78, 5) is 0. The zero-order chi connectivity index (χ0) is 30.2. The van der Waals surface area contributed by atoms with Gasteiger partial charge in [-0.3, -0.25) is 5.43 Å². The van der Waals surface area contributed by atoms with Crippen molar-refractivity contribution in [1.82, 2.24) is 5.43 Å². The number of unbranched alkanes of at least 4 members (excludes halogenated alkanes) is 1. The fourth-order valence-corrected chi connectivity index (χ4v) is 4.16. The SMILES string of the molecule is C=C(N/N=C/c1ccc(CCCC)c2ccccc12)c1ccc(N)c(C)c1.CC(F)F.CCCc1ccccc1F. The van der Waals surface area contributed by atoms with Gasteiger partial charge < -0.3 is 5.73 Å². The fraction of sp³-hybridized carbons (Fsp3) is 0.286. The summed E-state index contributed by atoms with van der Waals surface area (Å²) in [6, 6.07) is 25.7. The minimum Gasteiger partial charge on any atom is -0.399 e. The molecule has 3 N–H and O–H groups in total. The summed E-state index contributed by atoms with van der Waals surface area (Å²) in [6.07, 6.45) is 5.06. The number of aryl methyl sites for hydroxylation is 3. The number of benzene rings is 4. The Balaban J connectivity index is 0.000000347. The van der Waals surface area contributed by atoms with Crippen LogP contribution in [0.3, 0.4) is 0 Å². The highest BCUT2D eigenvalue weighted by atomic mass is 19.3. The summed E-state index contributed by atoms with van der Waals surface area (Å²) in [5.74, 6) is -0.0793. The number of alkyl halides is 2. The van der Waals surface area contributed by atoms with E-state index in [9.17, 15) is 13.2 Å². The van der Waals surface area contributed by atoms with E-state index in [1.165, 1.54) is 35.2 Å². The maximum Gasteiger partial charge on any atom is 0.235 e. The molecule has 0 bridgehead atoms. The number of nitrogens with zero attached hydrogens (tertiary/aromatic N) is 1. The lowest BCUT2D eigenvalue weighted by molar-refractivity contribution is 0.171. The predicted molar refractivity (Wildman–Crippen MR) is 170 cm³/mol. The van der Waals surface area contributed by atoms with Gasteiger partial charge in [0.25, 0.3) is 0 Å². The average molecular weight is 562 g/mol. The Labute approximate surface area is 243 Å². The van der Waals surface area contributed by atoms with Crippen molar-refractivity contribution < 1.29 is 13.2 Å². The second-order valence-electron chi connectivity index (χ2n) is 9.74. The van der Waals surface area contributed by atoms with Crippen molar-refractivity contribution in [2.24, 2.45) is 5.10 Å². The van der Waals surface area contributed by atoms with Crippen LogP contribution in [0.25, 0.3) is 16.5 Å². The van der Waals surface area contributed by atoms with Gasteiger partial charge in [-0.05, 0) is 84.3 Å². The third kappa shape index (κ3) is 11.1. The van der Waals surface area contributed by atoms with Gasteiger partial charge in [-0.25, -0.2) is 13.2 Å². The molecule has 0 saturated heterocycles. The lowest BCUT2D eigenvalue weighted by Crippen LogP contribution is -2.04. The molecule has 0 atom stereocenters. The van der Waals surface area contributed by atoms with Gasteiger partial charge in [0.2, 0.25) is 6.43 Å². The first-order valence-electron chi connectivity index (χ1n) is 14.0. The summed E-state index contributed by atoms with van der Waals surface area (Å²) >= 11 is 0. The van der Waals surface area contributed by atoms with Crippen LogP contribution >= 0.6 is 0 Å². The smallest absolute Gasteiger partial charge is 0.235 e. The van der Waals surface area contributed by atoms with Gasteiger partial charge >= 0.3 is 0 Å². The van der Waals surface area contributed by atoms with E-state index < -0.39 is 6.43 Å². The number of rotatable bonds is 9. The Morgan fingerprint density at radius 1 is 0.902 bits per heavy atom. The molecule has 4 aromatic carbocycles. The number of halogens is 3. The van der Waals surface area contributed by atoms with E-state index in [1.807, 2.05) is 50.4 Å². The average Bonchev–Trinajstić information content (AvgIpc) is 2.95. The van der Waals surface area contributed by atoms with Crippen LogP contribution < -0.4 is 11.2 Å². The first kappa shape index (κ1) is 33.1. The summed E-state index contributed by atoms with van der Waals surface area (Å²) < 4.78 is 33.4. The number of fused-ring (bicyclic) bond motifs is 1. The molecule has 0 radical (unpaired) electrons. The van der Waals surface area contributed by atoms with E-state index in [0.717, 1.165) is 59.8 Å². The topological polar surface area (TPSA) is 50.4 Å². The van der Waals surface area contributed by atoms with Crippen molar-refractivity contribution >= 4 is 28.4 Å². The standard InChI is InChI=1S/C24H27N3.C9H11F.C2H4F2/c1-4-5-8-19-11-12-21(23-10-7-6-9-22(19)23)16-26-27-18(3)20-13-14-24(25)17(2)15-20;1-2-5-8-6-3-4-7-9(8)10;1-2(3)4/h6-7,9-16,27H,3-5,8,25H2,1-2H3;3-4,6-7H,2,5H2,1H3;2H,1H3/b26-16+;;. The number of anilines is 1. The first-order valence-corrected chi connectivity index (χ1v) is 14.0. The van der Waals surface area contributed by atoms with Crippen LogP contribution in [-0.4, -0.2) is 12.6 Å². The quantitative estimate of drug-likeness (QED) is 0.121. The van der Waals surface area contributed by atoms with E-state index in [4.69, 9.17) is 5.73 Å². The van der Waals surface area contributed by atoms with Crippen molar-refractivity contribution in [2.75, 3.05) is 5.73 Å². The minimum absolute atomic E-state index is 0.0793. The molecule has 0 aliphatic carbocycles. The van der Waals surface area contributed by atoms with Crippen molar-refractivity contribution in [1.29, 1.82) is 0 Å². The molecular weight excluding hydrogens is 519 g/mol. The summed E-state index contributed by atoms with van der Waals surface area (Å²) in [5.41, 5.74) is 15.8. The van der Waals surface area contributed by atoms with E-state index in [-0.39, 0.29) is 5.82 Å². The summed E-state index contributed by atoms with van der Waals surface area (Å²) in [6.45, 7) is 11.2. The van der Waals surface area contributed by atoms with Gasteiger partial charge in [-0.2, -0.15) is 5.10 Å². The van der Waals surface area contributed by atoms with Gasteiger partial charge in [0.1, 0.15) is 5.82 Å². The zero-order valence-corrected chi connectivity index (χ0v) is 24.6. The molecule has 4 rings (SSSR count). The number of hydrogen-bond donors (Lipinski definition) is 2. The fourth-order valence-electron chi connectivity index (χ4n) is 4.16. The second kappa shape index (κ2) is 17.6. The highest BCUT2D eigenvalue weighted by molar-refractivity contribution is 6.01. The lowest BCUT2D eigenvalue weighted by atomic mass is 9.97. The van der Waals surface area contributed by atoms with Crippen LogP contribution in [0.1, 0.15) is 67.9 Å². The molecule has 0 aliphatic heterocycles. The molecule has 3 nitrogen and oxygen atoms in total. The Kier molecular flexibility index (Phi) is 14.2. The van der Waals surface area contributed by atoms with Crippen molar-refractivity contribution in [3.05, 3.63) is 119 Å². The first-order chi connectivity index (χ1) is 19.7. The zero-order valence-electron chi connectivity index (χ0n) is 24.6. The lowest BCUT2D eigenvalue weighted by Gasteiger charge is -2.10. The molecule has 0 aromatic heterocycles. The Morgan fingerprint density at radius 2 is 1.56 bits per heavy atom. The van der Waals surface area contributed by atoms with Crippen LogP contribution in [0, 0.1) is 12.7 Å². The molecule has 0 heterocycles. The van der Waals surface area contributed by atoms with Crippen molar-refractivity contribution in [3.8, 4) is 0 Å². The van der Waals surface area contributed by atoms with Crippen molar-refractivity contribution in [2.45, 2.75) is 66.2 Å². The number of nitrogens with one attached hydrogen (secondary N) is 1. The van der Waals surface area contributed by atoms with E-state index in [2.05, 4.69) is 60.4 Å². The van der Waals surface area contributed by atoms with Crippen LogP contribution in [-0.2, 0) is 12.8 Å². The third-order valence-electron chi connectivity index (χ3n) is 6.35. The van der Waals surface area contributed by atoms with E-state index >= 15 is 0 Å². The van der Waals surface area contributed by atoms with Crippen LogP contribution in [0.5, 0.6) is 0 Å². The molecule has 0 amide bonds. The van der Waals surface area contributed by atoms with E-state index in [0.29, 0.717) is 0 Å². The highest BCUT2D eigenvalue weighted by Gasteiger charge is 2.05. The summed E-state index contributed by atoms with van der Waals surface area (Å²) in [7, 11) is 0. The predicted octanol–water partition coefficient (Wildman–Crippen LogP) is 9.72. The molecule has 218 valence electrons. The molecular formula is C35H42F3N3. The molecule has 0 saturated carbocycles. The van der Waals surface area contributed by atoms with Gasteiger partial charge in [-0.1, -0.05) is 93.9 Å². The van der Waals surface area contributed by atoms with E-state index in [1.54, 1.807) is 6.07 Å². The largest absolute Gasteiger partial charge is 0.399 e.